The lowest BCUT2D eigenvalue weighted by Gasteiger charge is -2.20. The Balaban J connectivity index is 2.22. The van der Waals surface area contributed by atoms with Crippen LogP contribution in [0, 0.1) is 0 Å². The molecule has 0 amide bonds. The van der Waals surface area contributed by atoms with Gasteiger partial charge in [-0.2, -0.15) is 11.8 Å². The molecule has 0 aromatic heterocycles. The van der Waals surface area contributed by atoms with Gasteiger partial charge in [-0.25, -0.2) is 0 Å². The van der Waals surface area contributed by atoms with Crippen molar-refractivity contribution in [1.29, 1.82) is 0 Å². The Hall–Kier alpha value is -0.260. The summed E-state index contributed by atoms with van der Waals surface area (Å²) in [4.78, 5) is 10.5. The Kier molecular flexibility index (Phi) is 6.16. The smallest absolute Gasteiger partial charge is 0.320 e. The fourth-order valence-corrected chi connectivity index (χ4v) is 3.30. The Bertz CT molecular complexity index is 225. The van der Waals surface area contributed by atoms with E-state index < -0.39 is 12.0 Å². The van der Waals surface area contributed by atoms with Gasteiger partial charge in [0.2, 0.25) is 0 Å². The van der Waals surface area contributed by atoms with Gasteiger partial charge in [-0.1, -0.05) is 19.3 Å². The number of aliphatic hydroxyl groups excluding tert-OH is 1. The van der Waals surface area contributed by atoms with Crippen molar-refractivity contribution in [2.45, 2.75) is 55.9 Å². The minimum absolute atomic E-state index is 0.228. The fraction of sp³-hybridized carbons (Fsp3) is 0.909. The maximum Gasteiger partial charge on any atom is 0.320 e. The van der Waals surface area contributed by atoms with Crippen molar-refractivity contribution in [3.8, 4) is 0 Å². The lowest BCUT2D eigenvalue weighted by molar-refractivity contribution is -0.138. The molecule has 4 nitrogen and oxygen atoms in total. The molecule has 0 aromatic rings. The first-order valence-electron chi connectivity index (χ1n) is 5.89. The highest BCUT2D eigenvalue weighted by Crippen LogP contribution is 2.28. The lowest BCUT2D eigenvalue weighted by atomic mass is 10.1. The highest BCUT2D eigenvalue weighted by molar-refractivity contribution is 7.99. The van der Waals surface area contributed by atoms with E-state index in [0.717, 1.165) is 25.0 Å². The summed E-state index contributed by atoms with van der Waals surface area (Å²) in [6.07, 6.45) is 5.63. The van der Waals surface area contributed by atoms with Crippen molar-refractivity contribution < 1.29 is 15.0 Å². The Morgan fingerprint density at radius 1 is 1.38 bits per heavy atom. The highest BCUT2D eigenvalue weighted by Gasteiger charge is 2.22. The molecule has 0 saturated heterocycles. The van der Waals surface area contributed by atoms with Crippen LogP contribution in [0.2, 0.25) is 0 Å². The van der Waals surface area contributed by atoms with Crippen LogP contribution < -0.4 is 5.73 Å². The molecule has 1 fully saturated rings. The van der Waals surface area contributed by atoms with Crippen LogP contribution in [0.5, 0.6) is 0 Å². The Morgan fingerprint density at radius 2 is 2.06 bits per heavy atom. The lowest BCUT2D eigenvalue weighted by Crippen LogP contribution is -2.31. The summed E-state index contributed by atoms with van der Waals surface area (Å²) in [7, 11) is 0. The van der Waals surface area contributed by atoms with Gasteiger partial charge in [0, 0.05) is 5.25 Å². The molecule has 1 rings (SSSR count). The number of nitrogens with two attached hydrogens (primary N) is 1. The average Bonchev–Trinajstić information content (AvgIpc) is 2.44. The summed E-state index contributed by atoms with van der Waals surface area (Å²) in [6, 6.07) is -0.768. The summed E-state index contributed by atoms with van der Waals surface area (Å²) in [5.41, 5.74) is 5.42. The third-order valence-corrected chi connectivity index (χ3v) is 4.45. The number of hydrogen-bond donors (Lipinski definition) is 3. The average molecular weight is 247 g/mol. The molecule has 0 radical (unpaired) electrons. The molecule has 0 aliphatic heterocycles. The predicted molar refractivity (Wildman–Crippen MR) is 65.6 cm³/mol. The van der Waals surface area contributed by atoms with Gasteiger partial charge in [0.1, 0.15) is 6.04 Å². The number of hydrogen-bond acceptors (Lipinski definition) is 4. The van der Waals surface area contributed by atoms with Gasteiger partial charge in [-0.05, 0) is 25.0 Å². The highest BCUT2D eigenvalue weighted by atomic mass is 32.2. The monoisotopic (exact) mass is 247 g/mol. The van der Waals surface area contributed by atoms with Crippen molar-refractivity contribution >= 4 is 17.7 Å². The van der Waals surface area contributed by atoms with Gasteiger partial charge >= 0.3 is 5.97 Å². The normalized spacial score (nSPS) is 28.4. The number of carbonyl (C=O) groups is 1. The van der Waals surface area contributed by atoms with Gasteiger partial charge in [-0.3, -0.25) is 4.79 Å². The van der Waals surface area contributed by atoms with E-state index in [-0.39, 0.29) is 11.4 Å². The minimum Gasteiger partial charge on any atom is -0.480 e. The molecule has 16 heavy (non-hydrogen) atoms. The molecule has 0 bridgehead atoms. The SMILES string of the molecule is NC(CCSC1CCCCCC1O)C(=O)O. The number of aliphatic carboxylic acids is 1. The fourth-order valence-electron chi connectivity index (χ4n) is 1.92. The van der Waals surface area contributed by atoms with Gasteiger partial charge < -0.3 is 15.9 Å². The maximum absolute atomic E-state index is 10.5. The predicted octanol–water partition coefficient (Wildman–Crippen LogP) is 1.22. The third-order valence-electron chi connectivity index (χ3n) is 3.00. The molecule has 3 unspecified atom stereocenters. The first-order chi connectivity index (χ1) is 7.61. The van der Waals surface area contributed by atoms with Crippen molar-refractivity contribution in [1.82, 2.24) is 0 Å². The standard InChI is InChI=1S/C11H21NO3S/c12-8(11(14)15)6-7-16-10-5-3-1-2-4-9(10)13/h8-10,13H,1-7,12H2,(H,14,15). The first kappa shape index (κ1) is 13.8. The topological polar surface area (TPSA) is 83.5 Å². The van der Waals surface area contributed by atoms with Gasteiger partial charge in [-0.15, -0.1) is 0 Å². The molecule has 1 aliphatic carbocycles. The number of rotatable bonds is 5. The second-order valence-corrected chi connectivity index (χ2v) is 5.70. The second kappa shape index (κ2) is 7.14. The van der Waals surface area contributed by atoms with Crippen LogP contribution in [-0.2, 0) is 4.79 Å². The van der Waals surface area contributed by atoms with Crippen LogP contribution in [0.4, 0.5) is 0 Å². The minimum atomic E-state index is -0.943. The van der Waals surface area contributed by atoms with E-state index in [1.54, 1.807) is 11.8 Å². The number of carboxylic acids is 1. The van der Waals surface area contributed by atoms with Crippen LogP contribution in [-0.4, -0.2) is 39.3 Å². The van der Waals surface area contributed by atoms with Crippen LogP contribution >= 0.6 is 11.8 Å². The van der Waals surface area contributed by atoms with E-state index in [4.69, 9.17) is 10.8 Å². The zero-order chi connectivity index (χ0) is 12.0. The first-order valence-corrected chi connectivity index (χ1v) is 6.94. The molecule has 0 aromatic carbocycles. The number of aliphatic hydroxyl groups is 1. The van der Waals surface area contributed by atoms with E-state index in [0.29, 0.717) is 6.42 Å². The van der Waals surface area contributed by atoms with Crippen molar-refractivity contribution in [2.75, 3.05) is 5.75 Å². The van der Waals surface area contributed by atoms with Crippen LogP contribution in [0.25, 0.3) is 0 Å². The summed E-state index contributed by atoms with van der Waals surface area (Å²) >= 11 is 1.67. The molecule has 1 saturated carbocycles. The molecular formula is C11H21NO3S. The Morgan fingerprint density at radius 3 is 2.75 bits per heavy atom. The summed E-state index contributed by atoms with van der Waals surface area (Å²) < 4.78 is 0. The van der Waals surface area contributed by atoms with E-state index in [2.05, 4.69) is 0 Å². The molecule has 94 valence electrons. The summed E-state index contributed by atoms with van der Waals surface area (Å²) in [5, 5.41) is 18.8. The van der Waals surface area contributed by atoms with E-state index >= 15 is 0 Å². The molecule has 1 aliphatic rings. The molecule has 5 heteroatoms. The Labute approximate surface area is 101 Å². The van der Waals surface area contributed by atoms with E-state index in [1.165, 1.54) is 12.8 Å². The zero-order valence-electron chi connectivity index (χ0n) is 9.47. The second-order valence-electron chi connectivity index (χ2n) is 4.35. The van der Waals surface area contributed by atoms with Crippen LogP contribution in [0.15, 0.2) is 0 Å². The van der Waals surface area contributed by atoms with Crippen LogP contribution in [0.1, 0.15) is 38.5 Å². The van der Waals surface area contributed by atoms with Gasteiger partial charge in [0.05, 0.1) is 6.10 Å². The quantitative estimate of drug-likeness (QED) is 0.636. The zero-order valence-corrected chi connectivity index (χ0v) is 10.3. The molecule has 0 heterocycles. The largest absolute Gasteiger partial charge is 0.480 e. The third kappa shape index (κ3) is 4.72. The molecule has 3 atom stereocenters. The van der Waals surface area contributed by atoms with E-state index in [1.807, 2.05) is 0 Å². The molecular weight excluding hydrogens is 226 g/mol. The van der Waals surface area contributed by atoms with Crippen molar-refractivity contribution in [2.24, 2.45) is 5.73 Å². The molecule has 0 spiro atoms. The van der Waals surface area contributed by atoms with Gasteiger partial charge in [0.25, 0.3) is 0 Å². The summed E-state index contributed by atoms with van der Waals surface area (Å²) in [5.74, 6) is -0.225. The van der Waals surface area contributed by atoms with Crippen LogP contribution in [0.3, 0.4) is 0 Å². The maximum atomic E-state index is 10.5. The summed E-state index contributed by atoms with van der Waals surface area (Å²) in [6.45, 7) is 0. The molecule has 4 N–H and O–H groups in total. The van der Waals surface area contributed by atoms with Gasteiger partial charge in [0.15, 0.2) is 0 Å². The number of carboxylic acid groups (broad SMARTS) is 1. The van der Waals surface area contributed by atoms with Crippen molar-refractivity contribution in [3.05, 3.63) is 0 Å². The van der Waals surface area contributed by atoms with E-state index in [9.17, 15) is 9.90 Å². The number of thioether (sulfide) groups is 1. The van der Waals surface area contributed by atoms with Crippen molar-refractivity contribution in [3.63, 3.8) is 0 Å².